The number of para-hydroxylation sites is 2. The molecule has 1 amide bonds. The molecule has 37 heavy (non-hydrogen) atoms. The zero-order valence-corrected chi connectivity index (χ0v) is 20.8. The summed E-state index contributed by atoms with van der Waals surface area (Å²) in [6, 6.07) is 22.8. The molecule has 0 aliphatic carbocycles. The highest BCUT2D eigenvalue weighted by molar-refractivity contribution is 7.89. The number of nitrogens with two attached hydrogens (primary N) is 1. The van der Waals surface area contributed by atoms with Gasteiger partial charge in [0.25, 0.3) is 0 Å². The molecule has 0 aliphatic heterocycles. The predicted octanol–water partition coefficient (Wildman–Crippen LogP) is 2.58. The average molecular weight is 516 g/mol. The SMILES string of the molecule is Cn1c(CNC(=O)[C@H](Cc2ccccc2)n2cc(-c3ccc(S(N)(=O)=O)cc3)nn2)nc2ccccc21. The predicted molar refractivity (Wildman–Crippen MR) is 139 cm³/mol. The van der Waals surface area contributed by atoms with Crippen molar-refractivity contribution in [3.05, 3.63) is 96.4 Å². The molecule has 3 aromatic carbocycles. The van der Waals surface area contributed by atoms with Crippen LogP contribution in [0.5, 0.6) is 0 Å². The Labute approximate surface area is 213 Å². The number of aryl methyl sites for hydroxylation is 1. The highest BCUT2D eigenvalue weighted by Gasteiger charge is 2.24. The maximum atomic E-state index is 13.4. The first kappa shape index (κ1) is 24.3. The molecule has 0 radical (unpaired) electrons. The fraction of sp³-hybridized carbons (Fsp3) is 0.154. The van der Waals surface area contributed by atoms with E-state index in [2.05, 4.69) is 20.6 Å². The van der Waals surface area contributed by atoms with Crippen molar-refractivity contribution < 1.29 is 13.2 Å². The van der Waals surface area contributed by atoms with Gasteiger partial charge in [0.05, 0.1) is 28.7 Å². The normalized spacial score (nSPS) is 12.5. The van der Waals surface area contributed by atoms with Crippen molar-refractivity contribution >= 4 is 27.0 Å². The Morgan fingerprint density at radius 1 is 1.00 bits per heavy atom. The Kier molecular flexibility index (Phi) is 6.55. The van der Waals surface area contributed by atoms with Gasteiger partial charge in [-0.15, -0.1) is 5.10 Å². The Morgan fingerprint density at radius 3 is 2.41 bits per heavy atom. The van der Waals surface area contributed by atoms with E-state index in [0.717, 1.165) is 22.4 Å². The molecular weight excluding hydrogens is 490 g/mol. The minimum absolute atomic E-state index is 0.00641. The summed E-state index contributed by atoms with van der Waals surface area (Å²) in [6.07, 6.45) is 2.08. The van der Waals surface area contributed by atoms with Gasteiger partial charge >= 0.3 is 0 Å². The van der Waals surface area contributed by atoms with Gasteiger partial charge in [-0.05, 0) is 29.8 Å². The lowest BCUT2D eigenvalue weighted by atomic mass is 10.1. The number of carbonyl (C=O) groups is 1. The van der Waals surface area contributed by atoms with Crippen LogP contribution >= 0.6 is 0 Å². The van der Waals surface area contributed by atoms with E-state index in [9.17, 15) is 13.2 Å². The van der Waals surface area contributed by atoms with Crippen molar-refractivity contribution in [2.75, 3.05) is 0 Å². The van der Waals surface area contributed by atoms with Crippen molar-refractivity contribution in [2.24, 2.45) is 12.2 Å². The smallest absolute Gasteiger partial charge is 0.245 e. The first-order valence-corrected chi connectivity index (χ1v) is 13.1. The summed E-state index contributed by atoms with van der Waals surface area (Å²) in [4.78, 5) is 18.1. The number of hydrogen-bond acceptors (Lipinski definition) is 6. The molecular formula is C26H25N7O3S. The zero-order valence-electron chi connectivity index (χ0n) is 20.0. The molecule has 5 aromatic rings. The quantitative estimate of drug-likeness (QED) is 0.326. The standard InChI is InChI=1S/C26H25N7O3S/c1-32-23-10-6-5-9-21(23)29-25(32)16-28-26(34)24(15-18-7-3-2-4-8-18)33-17-22(30-31-33)19-11-13-20(14-12-19)37(27,35)36/h2-14,17,24H,15-16H2,1H3,(H,28,34)(H2,27,35,36)/t24-/m0/s1. The number of primary sulfonamides is 1. The van der Waals surface area contributed by atoms with Crippen LogP contribution in [0.4, 0.5) is 0 Å². The lowest BCUT2D eigenvalue weighted by Crippen LogP contribution is -2.34. The second-order valence-corrected chi connectivity index (χ2v) is 10.2. The van der Waals surface area contributed by atoms with E-state index in [1.165, 1.54) is 16.8 Å². The maximum absolute atomic E-state index is 13.4. The van der Waals surface area contributed by atoms with Gasteiger partial charge in [0.15, 0.2) is 0 Å². The molecule has 0 aliphatic rings. The summed E-state index contributed by atoms with van der Waals surface area (Å²) in [5.41, 5.74) is 3.98. The third-order valence-electron chi connectivity index (χ3n) is 6.18. The topological polar surface area (TPSA) is 138 Å². The fourth-order valence-electron chi connectivity index (χ4n) is 4.16. The maximum Gasteiger partial charge on any atom is 0.245 e. The summed E-state index contributed by atoms with van der Waals surface area (Å²) in [7, 11) is -1.88. The van der Waals surface area contributed by atoms with E-state index < -0.39 is 16.1 Å². The van der Waals surface area contributed by atoms with Crippen LogP contribution in [0, 0.1) is 0 Å². The second kappa shape index (κ2) is 9.96. The summed E-state index contributed by atoms with van der Waals surface area (Å²) < 4.78 is 26.6. The third kappa shape index (κ3) is 5.27. The van der Waals surface area contributed by atoms with Crippen LogP contribution < -0.4 is 10.5 Å². The summed E-state index contributed by atoms with van der Waals surface area (Å²) in [5.74, 6) is 0.513. The number of fused-ring (bicyclic) bond motifs is 1. The van der Waals surface area contributed by atoms with Crippen LogP contribution in [0.15, 0.2) is 90.0 Å². The van der Waals surface area contributed by atoms with Crippen molar-refractivity contribution in [2.45, 2.75) is 23.9 Å². The van der Waals surface area contributed by atoms with Crippen LogP contribution in [0.3, 0.4) is 0 Å². The van der Waals surface area contributed by atoms with Crippen molar-refractivity contribution in [3.8, 4) is 11.3 Å². The van der Waals surface area contributed by atoms with Gasteiger partial charge in [0, 0.05) is 19.0 Å². The molecule has 0 spiro atoms. The Morgan fingerprint density at radius 2 is 1.70 bits per heavy atom. The number of benzene rings is 3. The van der Waals surface area contributed by atoms with E-state index >= 15 is 0 Å². The molecule has 11 heteroatoms. The van der Waals surface area contributed by atoms with Crippen LogP contribution in [0.25, 0.3) is 22.3 Å². The van der Waals surface area contributed by atoms with E-state index in [1.807, 2.05) is 66.2 Å². The Hall–Kier alpha value is -4.35. The van der Waals surface area contributed by atoms with Crippen LogP contribution in [0.2, 0.25) is 0 Å². The molecule has 2 heterocycles. The first-order chi connectivity index (χ1) is 17.8. The highest BCUT2D eigenvalue weighted by Crippen LogP contribution is 2.22. The second-order valence-electron chi connectivity index (χ2n) is 8.65. The molecule has 10 nitrogen and oxygen atoms in total. The fourth-order valence-corrected chi connectivity index (χ4v) is 4.67. The van der Waals surface area contributed by atoms with Gasteiger partial charge in [-0.3, -0.25) is 4.79 Å². The molecule has 0 bridgehead atoms. The van der Waals surface area contributed by atoms with Crippen molar-refractivity contribution in [3.63, 3.8) is 0 Å². The summed E-state index contributed by atoms with van der Waals surface area (Å²) in [6.45, 7) is 0.256. The van der Waals surface area contributed by atoms with Gasteiger partial charge in [-0.25, -0.2) is 23.2 Å². The van der Waals surface area contributed by atoms with Gasteiger partial charge in [-0.1, -0.05) is 59.8 Å². The molecule has 5 rings (SSSR count). The van der Waals surface area contributed by atoms with E-state index in [-0.39, 0.29) is 17.3 Å². The van der Waals surface area contributed by atoms with E-state index in [4.69, 9.17) is 5.14 Å². The lowest BCUT2D eigenvalue weighted by molar-refractivity contribution is -0.124. The number of rotatable bonds is 8. The van der Waals surface area contributed by atoms with Gasteiger partial charge in [0.2, 0.25) is 15.9 Å². The van der Waals surface area contributed by atoms with Crippen LogP contribution in [0.1, 0.15) is 17.4 Å². The number of hydrogen-bond donors (Lipinski definition) is 2. The lowest BCUT2D eigenvalue weighted by Gasteiger charge is -2.17. The zero-order chi connectivity index (χ0) is 26.0. The van der Waals surface area contributed by atoms with E-state index in [0.29, 0.717) is 17.7 Å². The van der Waals surface area contributed by atoms with Crippen molar-refractivity contribution in [1.82, 2.24) is 29.9 Å². The molecule has 2 aromatic heterocycles. The molecule has 0 unspecified atom stereocenters. The van der Waals surface area contributed by atoms with Crippen molar-refractivity contribution in [1.29, 1.82) is 0 Å². The monoisotopic (exact) mass is 515 g/mol. The first-order valence-electron chi connectivity index (χ1n) is 11.6. The van der Waals surface area contributed by atoms with Crippen LogP contribution in [-0.4, -0.2) is 38.9 Å². The Balaban J connectivity index is 1.39. The molecule has 1 atom stereocenters. The molecule has 3 N–H and O–H groups in total. The average Bonchev–Trinajstić information content (AvgIpc) is 3.51. The third-order valence-corrected chi connectivity index (χ3v) is 7.11. The van der Waals surface area contributed by atoms with Crippen LogP contribution in [-0.2, 0) is 34.8 Å². The molecule has 0 saturated carbocycles. The van der Waals surface area contributed by atoms with Gasteiger partial charge in [0.1, 0.15) is 17.6 Å². The number of nitrogens with one attached hydrogen (secondary N) is 1. The molecule has 188 valence electrons. The Bertz CT molecular complexity index is 1660. The number of imidazole rings is 1. The number of nitrogens with zero attached hydrogens (tertiary/aromatic N) is 5. The van der Waals surface area contributed by atoms with Gasteiger partial charge < -0.3 is 9.88 Å². The number of amides is 1. The van der Waals surface area contributed by atoms with Gasteiger partial charge in [-0.2, -0.15) is 0 Å². The summed E-state index contributed by atoms with van der Waals surface area (Å²) >= 11 is 0. The highest BCUT2D eigenvalue weighted by atomic mass is 32.2. The summed E-state index contributed by atoms with van der Waals surface area (Å²) in [5, 5.41) is 16.6. The number of aromatic nitrogens is 5. The molecule has 0 saturated heterocycles. The number of sulfonamides is 1. The van der Waals surface area contributed by atoms with E-state index in [1.54, 1.807) is 18.3 Å². The minimum Gasteiger partial charge on any atom is -0.347 e. The molecule has 0 fully saturated rings. The minimum atomic E-state index is -3.80. The number of carbonyl (C=O) groups excluding carboxylic acids is 1. The largest absolute Gasteiger partial charge is 0.347 e.